The first kappa shape index (κ1) is 18.5. The summed E-state index contributed by atoms with van der Waals surface area (Å²) in [6.45, 7) is 5.70. The van der Waals surface area contributed by atoms with Crippen LogP contribution in [0.15, 0.2) is 45.6 Å². The zero-order chi connectivity index (χ0) is 19.8. The van der Waals surface area contributed by atoms with Crippen LogP contribution in [0.25, 0.3) is 11.0 Å². The summed E-state index contributed by atoms with van der Waals surface area (Å²) in [5, 5.41) is 0.844. The molecule has 0 amide bonds. The average Bonchev–Trinajstić information content (AvgIpc) is 3.50. The quantitative estimate of drug-likeness (QED) is 0.568. The van der Waals surface area contributed by atoms with Crippen molar-refractivity contribution in [2.75, 3.05) is 0 Å². The number of hydrogen-bond acceptors (Lipinski definition) is 4. The molecule has 4 nitrogen and oxygen atoms in total. The molecule has 1 aromatic heterocycles. The van der Waals surface area contributed by atoms with E-state index in [0.29, 0.717) is 29.4 Å². The van der Waals surface area contributed by atoms with Gasteiger partial charge in [-0.1, -0.05) is 24.3 Å². The number of benzene rings is 2. The topological polar surface area (TPSA) is 56.5 Å². The fourth-order valence-corrected chi connectivity index (χ4v) is 3.70. The first-order chi connectivity index (χ1) is 13.4. The highest BCUT2D eigenvalue weighted by Crippen LogP contribution is 2.40. The van der Waals surface area contributed by atoms with Crippen molar-refractivity contribution in [2.24, 2.45) is 0 Å². The van der Waals surface area contributed by atoms with E-state index >= 15 is 0 Å². The lowest BCUT2D eigenvalue weighted by Gasteiger charge is -2.13. The van der Waals surface area contributed by atoms with Crippen molar-refractivity contribution in [3.8, 4) is 5.75 Å². The van der Waals surface area contributed by atoms with Gasteiger partial charge in [0.05, 0.1) is 0 Å². The Balaban J connectivity index is 1.63. The van der Waals surface area contributed by atoms with Crippen LogP contribution >= 0.6 is 0 Å². The Morgan fingerprint density at radius 1 is 1.14 bits per heavy atom. The fraction of sp³-hybridized carbons (Fsp3) is 0.333. The minimum absolute atomic E-state index is 0.0557. The number of ether oxygens (including phenoxy) is 1. The second-order valence-corrected chi connectivity index (χ2v) is 7.75. The van der Waals surface area contributed by atoms with Gasteiger partial charge in [-0.3, -0.25) is 4.79 Å². The first-order valence-corrected chi connectivity index (χ1v) is 9.71. The molecule has 0 saturated heterocycles. The Bertz CT molecular complexity index is 1120. The molecule has 4 heteroatoms. The molecule has 0 bridgehead atoms. The Hall–Kier alpha value is -2.88. The zero-order valence-corrected chi connectivity index (χ0v) is 16.5. The van der Waals surface area contributed by atoms with Gasteiger partial charge in [-0.2, -0.15) is 0 Å². The van der Waals surface area contributed by atoms with Crippen LogP contribution in [0.4, 0.5) is 0 Å². The molecular formula is C24H24O4. The first-order valence-electron chi connectivity index (χ1n) is 9.71. The van der Waals surface area contributed by atoms with Crippen molar-refractivity contribution in [1.29, 1.82) is 0 Å². The maximum absolute atomic E-state index is 12.4. The third-order valence-corrected chi connectivity index (χ3v) is 5.47. The summed E-state index contributed by atoms with van der Waals surface area (Å²) < 4.78 is 11.6. The molecule has 0 aliphatic heterocycles. The molecule has 0 spiro atoms. The van der Waals surface area contributed by atoms with Gasteiger partial charge in [0.15, 0.2) is 0 Å². The van der Waals surface area contributed by atoms with Gasteiger partial charge in [0.2, 0.25) is 0 Å². The van der Waals surface area contributed by atoms with Crippen LogP contribution in [0.3, 0.4) is 0 Å². The van der Waals surface area contributed by atoms with Crippen molar-refractivity contribution >= 4 is 16.8 Å². The van der Waals surface area contributed by atoms with E-state index < -0.39 is 5.63 Å². The largest absolute Gasteiger partial charge is 0.488 e. The van der Waals surface area contributed by atoms with E-state index in [-0.39, 0.29) is 12.2 Å². The lowest BCUT2D eigenvalue weighted by atomic mass is 10.0. The average molecular weight is 376 g/mol. The number of carbonyl (C=O) groups excluding carboxylic acids is 1. The molecule has 1 saturated carbocycles. The lowest BCUT2D eigenvalue weighted by molar-refractivity contribution is -0.116. The second kappa shape index (κ2) is 7.27. The highest BCUT2D eigenvalue weighted by molar-refractivity contribution is 5.87. The van der Waals surface area contributed by atoms with Crippen LogP contribution in [-0.4, -0.2) is 5.78 Å². The van der Waals surface area contributed by atoms with Gasteiger partial charge in [0.25, 0.3) is 0 Å². The van der Waals surface area contributed by atoms with Crippen molar-refractivity contribution in [1.82, 2.24) is 0 Å². The molecule has 0 radical (unpaired) electrons. The zero-order valence-electron chi connectivity index (χ0n) is 16.5. The maximum atomic E-state index is 12.4. The monoisotopic (exact) mass is 376 g/mol. The van der Waals surface area contributed by atoms with Gasteiger partial charge in [0.1, 0.15) is 23.7 Å². The van der Waals surface area contributed by atoms with Gasteiger partial charge in [-0.25, -0.2) is 4.79 Å². The second-order valence-electron chi connectivity index (χ2n) is 7.75. The SMILES string of the molecule is CC(=O)Cc1c(C)c2ccc(OCc3cccc(C4CC4)c3)c(C)c2oc1=O. The summed E-state index contributed by atoms with van der Waals surface area (Å²) >= 11 is 0. The summed E-state index contributed by atoms with van der Waals surface area (Å²) in [6, 6.07) is 12.4. The molecular weight excluding hydrogens is 352 g/mol. The summed E-state index contributed by atoms with van der Waals surface area (Å²) in [6.07, 6.45) is 2.65. The van der Waals surface area contributed by atoms with Crippen LogP contribution in [0, 0.1) is 13.8 Å². The van der Waals surface area contributed by atoms with E-state index in [0.717, 1.165) is 22.1 Å². The molecule has 0 unspecified atom stereocenters. The molecule has 1 fully saturated rings. The van der Waals surface area contributed by atoms with E-state index in [1.807, 2.05) is 26.0 Å². The van der Waals surface area contributed by atoms with Crippen molar-refractivity contribution in [3.05, 3.63) is 74.6 Å². The predicted octanol–water partition coefficient (Wildman–Crippen LogP) is 5.00. The van der Waals surface area contributed by atoms with Gasteiger partial charge in [0, 0.05) is 22.9 Å². The molecule has 0 atom stereocenters. The Kier molecular flexibility index (Phi) is 4.80. The Morgan fingerprint density at radius 2 is 1.93 bits per heavy atom. The minimum Gasteiger partial charge on any atom is -0.488 e. The van der Waals surface area contributed by atoms with E-state index in [1.54, 1.807) is 0 Å². The fourth-order valence-electron chi connectivity index (χ4n) is 3.70. The van der Waals surface area contributed by atoms with E-state index in [9.17, 15) is 9.59 Å². The maximum Gasteiger partial charge on any atom is 0.340 e. The standard InChI is InChI=1S/C24H24O4/c1-14(25)11-21-15(2)20-9-10-22(16(3)23(20)28-24(21)26)27-13-17-5-4-6-19(12-17)18-7-8-18/h4-6,9-10,12,18H,7-8,11,13H2,1-3H3. The van der Waals surface area contributed by atoms with Crippen molar-refractivity contribution in [3.63, 3.8) is 0 Å². The predicted molar refractivity (Wildman–Crippen MR) is 109 cm³/mol. The molecule has 4 rings (SSSR count). The molecule has 1 heterocycles. The molecule has 2 aromatic carbocycles. The highest BCUT2D eigenvalue weighted by Gasteiger charge is 2.23. The molecule has 28 heavy (non-hydrogen) atoms. The number of rotatable bonds is 6. The molecule has 3 aromatic rings. The lowest BCUT2D eigenvalue weighted by Crippen LogP contribution is -2.14. The Labute approximate surface area is 164 Å². The number of hydrogen-bond donors (Lipinski definition) is 0. The summed E-state index contributed by atoms with van der Waals surface area (Å²) in [5.74, 6) is 1.36. The van der Waals surface area contributed by atoms with Gasteiger partial charge >= 0.3 is 5.63 Å². The number of ketones is 1. The molecule has 144 valence electrons. The van der Waals surface area contributed by atoms with Gasteiger partial charge in [-0.15, -0.1) is 0 Å². The summed E-state index contributed by atoms with van der Waals surface area (Å²) in [4.78, 5) is 23.8. The number of carbonyl (C=O) groups is 1. The smallest absolute Gasteiger partial charge is 0.340 e. The number of Topliss-reactive ketones (excluding diaryl/α,β-unsaturated/α-hetero) is 1. The molecule has 1 aliphatic rings. The number of fused-ring (bicyclic) bond motifs is 1. The van der Waals surface area contributed by atoms with Gasteiger partial charge in [-0.05, 0) is 68.4 Å². The van der Waals surface area contributed by atoms with Crippen molar-refractivity contribution in [2.45, 2.75) is 52.6 Å². The van der Waals surface area contributed by atoms with E-state index in [1.165, 1.54) is 25.3 Å². The number of aryl methyl sites for hydroxylation is 2. The van der Waals surface area contributed by atoms with Crippen LogP contribution in [0.5, 0.6) is 5.75 Å². The van der Waals surface area contributed by atoms with E-state index in [2.05, 4.69) is 24.3 Å². The highest BCUT2D eigenvalue weighted by atomic mass is 16.5. The van der Waals surface area contributed by atoms with Crippen LogP contribution in [0.2, 0.25) is 0 Å². The third-order valence-electron chi connectivity index (χ3n) is 5.47. The summed E-state index contributed by atoms with van der Waals surface area (Å²) in [5.41, 5.74) is 4.63. The van der Waals surface area contributed by atoms with E-state index in [4.69, 9.17) is 9.15 Å². The minimum atomic E-state index is -0.447. The molecule has 1 aliphatic carbocycles. The molecule has 0 N–H and O–H groups in total. The van der Waals surface area contributed by atoms with Crippen molar-refractivity contribution < 1.29 is 13.9 Å². The normalized spacial score (nSPS) is 13.7. The van der Waals surface area contributed by atoms with Crippen LogP contribution in [0.1, 0.15) is 53.5 Å². The van der Waals surface area contributed by atoms with Gasteiger partial charge < -0.3 is 9.15 Å². The Morgan fingerprint density at radius 3 is 2.64 bits per heavy atom. The summed E-state index contributed by atoms with van der Waals surface area (Å²) in [7, 11) is 0. The van der Waals surface area contributed by atoms with Crippen LogP contribution < -0.4 is 10.4 Å². The van der Waals surface area contributed by atoms with Crippen LogP contribution in [-0.2, 0) is 17.8 Å². The third kappa shape index (κ3) is 3.59.